The Balaban J connectivity index is 2.74. The first-order valence-electron chi connectivity index (χ1n) is 24.0. The van der Waals surface area contributed by atoms with Crippen LogP contribution >= 0.6 is 0 Å². The van der Waals surface area contributed by atoms with Gasteiger partial charge in [-0.05, 0) is 88.3 Å². The van der Waals surface area contributed by atoms with Gasteiger partial charge in [0.1, 0.15) is 24.2 Å². The van der Waals surface area contributed by atoms with Gasteiger partial charge in [-0.25, -0.2) is 0 Å². The van der Waals surface area contributed by atoms with Gasteiger partial charge in [-0.15, -0.1) is 0 Å². The number of nitro benzene ring substituents is 1. The number of azide groups is 2. The number of nitrogens with zero attached hydrogens (tertiary/aromatic N) is 9. The van der Waals surface area contributed by atoms with Gasteiger partial charge < -0.3 is 74.8 Å². The number of benzene rings is 1. The van der Waals surface area contributed by atoms with Crippen molar-refractivity contribution in [2.45, 2.75) is 115 Å². The highest BCUT2D eigenvalue weighted by Crippen LogP contribution is 2.38. The van der Waals surface area contributed by atoms with Crippen molar-refractivity contribution in [2.75, 3.05) is 59.5 Å². The van der Waals surface area contributed by atoms with Crippen molar-refractivity contribution in [2.24, 2.45) is 48.9 Å². The van der Waals surface area contributed by atoms with Crippen LogP contribution in [0.2, 0.25) is 0 Å². The Morgan fingerprint density at radius 3 is 1.79 bits per heavy atom. The number of methoxy groups -OCH3 is 1. The Labute approximate surface area is 436 Å². The van der Waals surface area contributed by atoms with Gasteiger partial charge in [0.2, 0.25) is 41.4 Å². The summed E-state index contributed by atoms with van der Waals surface area (Å²) in [5.74, 6) is -5.70. The zero-order valence-electron chi connectivity index (χ0n) is 42.5. The Morgan fingerprint density at radius 2 is 1.21 bits per heavy atom. The van der Waals surface area contributed by atoms with Crippen molar-refractivity contribution < 1.29 is 57.5 Å². The first-order valence-corrected chi connectivity index (χ1v) is 24.0. The molecular formula is C43H70N20O13. The van der Waals surface area contributed by atoms with Crippen LogP contribution in [0.5, 0.6) is 11.5 Å². The SMILES string of the molecule is COc1cc(C(C)OC(=O)CCCN=[N+]=[N-])c([N+](=O)[O-])cc1OCCCC(=O)NCCCCC(NC(=O)C(CCCN=C(N)N)NC(=O)CNC(=O)CNC(=O)C(CCCN=C(N)N)NC(=O)CCCN=[N+]=[N-])C(N)=O. The van der Waals surface area contributed by atoms with Crippen LogP contribution in [0, 0.1) is 10.1 Å². The summed E-state index contributed by atoms with van der Waals surface area (Å²) in [7, 11) is 1.32. The first-order chi connectivity index (χ1) is 36.2. The fourth-order valence-electron chi connectivity index (χ4n) is 6.69. The molecule has 0 aromatic heterocycles. The number of carbonyl (C=O) groups excluding carboxylic acids is 8. The smallest absolute Gasteiger partial charge is 0.306 e. The molecule has 33 nitrogen and oxygen atoms in total. The maximum Gasteiger partial charge on any atom is 0.306 e. The highest BCUT2D eigenvalue weighted by molar-refractivity contribution is 5.94. The number of nitrogens with two attached hydrogens (primary N) is 5. The maximum absolute atomic E-state index is 13.4. The number of amides is 7. The number of guanidine groups is 2. The number of unbranched alkanes of at least 4 members (excludes halogenated alkanes) is 1. The van der Waals surface area contributed by atoms with Gasteiger partial charge in [0, 0.05) is 61.8 Å². The summed E-state index contributed by atoms with van der Waals surface area (Å²) in [5.41, 5.74) is 43.5. The fraction of sp³-hybridized carbons (Fsp3) is 0.628. The van der Waals surface area contributed by atoms with Crippen molar-refractivity contribution in [3.8, 4) is 11.5 Å². The molecule has 16 N–H and O–H groups in total. The molecule has 76 heavy (non-hydrogen) atoms. The summed E-state index contributed by atoms with van der Waals surface area (Å²) in [6.45, 7) is 0.781. The molecule has 4 unspecified atom stereocenters. The minimum absolute atomic E-state index is 0.00966. The lowest BCUT2D eigenvalue weighted by Gasteiger charge is -2.22. The molecule has 1 rings (SSSR count). The number of hydrogen-bond donors (Lipinski definition) is 11. The summed E-state index contributed by atoms with van der Waals surface area (Å²) in [6.07, 6.45) is 0.865. The molecule has 0 aliphatic carbocycles. The number of hydrogen-bond acceptors (Lipinski definition) is 17. The van der Waals surface area contributed by atoms with Gasteiger partial charge >= 0.3 is 5.97 Å². The van der Waals surface area contributed by atoms with Crippen LogP contribution in [0.25, 0.3) is 20.9 Å². The molecule has 0 spiro atoms. The van der Waals surface area contributed by atoms with E-state index in [0.29, 0.717) is 12.8 Å². The van der Waals surface area contributed by atoms with Crippen LogP contribution in [0.4, 0.5) is 5.69 Å². The van der Waals surface area contributed by atoms with E-state index in [9.17, 15) is 48.5 Å². The number of carbonyl (C=O) groups is 8. The summed E-state index contributed by atoms with van der Waals surface area (Å²) >= 11 is 0. The Hall–Kier alpha value is -8.86. The van der Waals surface area contributed by atoms with Crippen LogP contribution < -0.4 is 70.0 Å². The first kappa shape index (κ1) is 65.2. The average molecular weight is 1080 g/mol. The second-order valence-electron chi connectivity index (χ2n) is 16.5. The molecule has 1 aromatic carbocycles. The van der Waals surface area contributed by atoms with Crippen molar-refractivity contribution in [3.63, 3.8) is 0 Å². The normalized spacial score (nSPS) is 11.9. The summed E-state index contributed by atoms with van der Waals surface area (Å²) in [6, 6.07) is -1.05. The van der Waals surface area contributed by atoms with Crippen molar-refractivity contribution >= 4 is 64.9 Å². The van der Waals surface area contributed by atoms with E-state index in [4.69, 9.17) is 53.9 Å². The third-order valence-corrected chi connectivity index (χ3v) is 10.5. The van der Waals surface area contributed by atoms with E-state index in [1.54, 1.807) is 0 Å². The predicted molar refractivity (Wildman–Crippen MR) is 273 cm³/mol. The monoisotopic (exact) mass is 1070 g/mol. The maximum atomic E-state index is 13.4. The van der Waals surface area contributed by atoms with E-state index in [0.717, 1.165) is 6.07 Å². The zero-order chi connectivity index (χ0) is 56.8. The van der Waals surface area contributed by atoms with Crippen molar-refractivity contribution in [1.82, 2.24) is 31.9 Å². The van der Waals surface area contributed by atoms with Crippen molar-refractivity contribution in [3.05, 3.63) is 48.7 Å². The number of ether oxygens (including phenoxy) is 3. The highest BCUT2D eigenvalue weighted by atomic mass is 16.6. The summed E-state index contributed by atoms with van der Waals surface area (Å²) < 4.78 is 16.4. The zero-order valence-corrected chi connectivity index (χ0v) is 42.5. The largest absolute Gasteiger partial charge is 0.493 e. The summed E-state index contributed by atoms with van der Waals surface area (Å²) in [5, 5.41) is 33.6. The molecule has 0 saturated carbocycles. The van der Waals surface area contributed by atoms with Crippen LogP contribution in [0.15, 0.2) is 32.3 Å². The minimum atomic E-state index is -1.25. The van der Waals surface area contributed by atoms with E-state index < -0.39 is 89.3 Å². The van der Waals surface area contributed by atoms with Gasteiger partial charge in [-0.3, -0.25) is 58.5 Å². The van der Waals surface area contributed by atoms with Gasteiger partial charge in [0.25, 0.3) is 5.69 Å². The number of aliphatic imine (C=N–C) groups is 2. The third-order valence-electron chi connectivity index (χ3n) is 10.5. The van der Waals surface area contributed by atoms with E-state index in [1.807, 2.05) is 0 Å². The number of primary amides is 1. The standard InChI is InChI=1S/C43H70N20O13/c1-26(76-38(68)15-8-20-57-62-50)27-22-32(74-2)33(23-31(27)63(72)73)75-21-9-14-34(64)51-16-4-3-10-28(39(44)69)60-41(71)30(12-6-18-53-43(47)48)59-37(67)25-54-36(66)24-55-40(70)29(11-5-17-52-42(45)46)58-35(65)13-7-19-56-61-49/h22-23,26,28-30H,3-21,24-25H2,1-2H3,(H2,44,69)(H,51,64)(H,54,66)(H,55,70)(H,58,65)(H,59,67)(H,60,71)(H4,45,46,52)(H4,47,48,53). The van der Waals surface area contributed by atoms with E-state index in [2.05, 4.69) is 61.9 Å². The predicted octanol–water partition coefficient (Wildman–Crippen LogP) is -0.887. The molecule has 33 heteroatoms. The Kier molecular flexibility index (Phi) is 32.4. The number of rotatable bonds is 40. The minimum Gasteiger partial charge on any atom is -0.493 e. The van der Waals surface area contributed by atoms with Crippen molar-refractivity contribution in [1.29, 1.82) is 0 Å². The number of esters is 1. The van der Waals surface area contributed by atoms with E-state index in [1.165, 1.54) is 20.1 Å². The molecule has 0 radical (unpaired) electrons. The molecule has 7 amide bonds. The molecule has 0 aliphatic heterocycles. The average Bonchev–Trinajstić information content (AvgIpc) is 3.37. The van der Waals surface area contributed by atoms with Gasteiger partial charge in [-0.1, -0.05) is 10.2 Å². The highest BCUT2D eigenvalue weighted by Gasteiger charge is 2.28. The quantitative estimate of drug-likeness (QED) is 0.00437. The topological polar surface area (TPSA) is 532 Å². The molecule has 0 bridgehead atoms. The van der Waals surface area contributed by atoms with Crippen LogP contribution in [-0.4, -0.2) is 142 Å². The second kappa shape index (κ2) is 37.8. The molecule has 4 atom stereocenters. The lowest BCUT2D eigenvalue weighted by Crippen LogP contribution is -2.54. The summed E-state index contributed by atoms with van der Waals surface area (Å²) in [4.78, 5) is 126. The number of nitro groups is 1. The Morgan fingerprint density at radius 1 is 0.645 bits per heavy atom. The fourth-order valence-corrected chi connectivity index (χ4v) is 6.69. The number of nitrogens with one attached hydrogen (secondary N) is 6. The molecule has 420 valence electrons. The molecule has 0 saturated heterocycles. The van der Waals surface area contributed by atoms with Crippen LogP contribution in [0.1, 0.15) is 102 Å². The molecular weight excluding hydrogens is 1000 g/mol. The van der Waals surface area contributed by atoms with Crippen LogP contribution in [-0.2, 0) is 43.1 Å². The molecule has 0 heterocycles. The van der Waals surface area contributed by atoms with Gasteiger partial charge in [0.15, 0.2) is 23.4 Å². The van der Waals surface area contributed by atoms with E-state index >= 15 is 0 Å². The molecule has 0 aliphatic rings. The molecule has 0 fully saturated rings. The van der Waals surface area contributed by atoms with E-state index in [-0.39, 0.29) is 145 Å². The van der Waals surface area contributed by atoms with Gasteiger partial charge in [0.05, 0.1) is 43.4 Å². The van der Waals surface area contributed by atoms with Gasteiger partial charge in [-0.2, -0.15) is 0 Å². The Bertz CT molecular complexity index is 2280. The lowest BCUT2D eigenvalue weighted by atomic mass is 10.1. The van der Waals surface area contributed by atoms with Crippen LogP contribution in [0.3, 0.4) is 0 Å². The second-order valence-corrected chi connectivity index (χ2v) is 16.5. The lowest BCUT2D eigenvalue weighted by molar-refractivity contribution is -0.386. The third kappa shape index (κ3) is 29.0. The molecule has 1 aromatic rings.